The lowest BCUT2D eigenvalue weighted by Crippen LogP contribution is -2.24. The van der Waals surface area contributed by atoms with Gasteiger partial charge in [-0.1, -0.05) is 53.7 Å². The lowest BCUT2D eigenvalue weighted by atomic mass is 10.1. The molecular formula is C22H21N5O2S. The highest BCUT2D eigenvalue weighted by atomic mass is 32.2. The van der Waals surface area contributed by atoms with Gasteiger partial charge in [-0.2, -0.15) is 5.10 Å². The third kappa shape index (κ3) is 4.44. The molecule has 0 saturated heterocycles. The van der Waals surface area contributed by atoms with Crippen LogP contribution in [0.5, 0.6) is 0 Å². The number of rotatable bonds is 6. The van der Waals surface area contributed by atoms with E-state index < -0.39 is 0 Å². The van der Waals surface area contributed by atoms with Gasteiger partial charge in [0.2, 0.25) is 5.91 Å². The average molecular weight is 420 g/mol. The first-order valence-electron chi connectivity index (χ1n) is 9.50. The number of benzene rings is 2. The van der Waals surface area contributed by atoms with Gasteiger partial charge in [-0.25, -0.2) is 9.67 Å². The Morgan fingerprint density at radius 3 is 2.70 bits per heavy atom. The number of carbonyl (C=O) groups excluding carboxylic acids is 1. The Hall–Kier alpha value is -3.39. The normalized spacial score (nSPS) is 11.0. The van der Waals surface area contributed by atoms with Crippen LogP contribution in [0, 0.1) is 13.8 Å². The third-order valence-corrected chi connectivity index (χ3v) is 5.49. The van der Waals surface area contributed by atoms with Crippen LogP contribution in [0.3, 0.4) is 0 Å². The Morgan fingerprint density at radius 1 is 1.13 bits per heavy atom. The number of carbonyl (C=O) groups is 1. The molecule has 0 radical (unpaired) electrons. The number of hydrogen-bond acceptors (Lipinski definition) is 5. The molecule has 8 heteroatoms. The second-order valence-electron chi connectivity index (χ2n) is 7.05. The van der Waals surface area contributed by atoms with Crippen molar-refractivity contribution in [3.05, 3.63) is 81.8 Å². The maximum absolute atomic E-state index is 12.4. The van der Waals surface area contributed by atoms with Gasteiger partial charge in [0.15, 0.2) is 10.8 Å². The number of fused-ring (bicyclic) bond motifs is 1. The molecule has 0 aliphatic heterocycles. The molecule has 0 bridgehead atoms. The SMILES string of the molecule is Cc1ccc(CNC(=O)CSc2nc3c(cnn3-c3cccc(C)c3)c(=O)[nH]2)cc1. The van der Waals surface area contributed by atoms with Crippen molar-refractivity contribution >= 4 is 28.7 Å². The topological polar surface area (TPSA) is 92.7 Å². The van der Waals surface area contributed by atoms with E-state index >= 15 is 0 Å². The summed E-state index contributed by atoms with van der Waals surface area (Å²) in [5, 5.41) is 7.99. The van der Waals surface area contributed by atoms with Gasteiger partial charge in [-0.3, -0.25) is 9.59 Å². The summed E-state index contributed by atoms with van der Waals surface area (Å²) >= 11 is 1.19. The van der Waals surface area contributed by atoms with Crippen LogP contribution in [0.1, 0.15) is 16.7 Å². The van der Waals surface area contributed by atoms with E-state index in [0.29, 0.717) is 22.7 Å². The molecule has 2 heterocycles. The van der Waals surface area contributed by atoms with Crippen LogP contribution in [0.25, 0.3) is 16.7 Å². The largest absolute Gasteiger partial charge is 0.351 e. The van der Waals surface area contributed by atoms with Gasteiger partial charge in [-0.05, 0) is 37.1 Å². The Bertz CT molecular complexity index is 1260. The first kappa shape index (κ1) is 19.9. The van der Waals surface area contributed by atoms with Crippen LogP contribution < -0.4 is 10.9 Å². The molecule has 0 fully saturated rings. The molecule has 2 aromatic carbocycles. The first-order valence-corrected chi connectivity index (χ1v) is 10.5. The monoisotopic (exact) mass is 419 g/mol. The molecule has 4 rings (SSSR count). The van der Waals surface area contributed by atoms with Crippen molar-refractivity contribution in [2.45, 2.75) is 25.5 Å². The quantitative estimate of drug-likeness (QED) is 0.370. The molecule has 152 valence electrons. The molecular weight excluding hydrogens is 398 g/mol. The molecule has 0 aliphatic rings. The van der Waals surface area contributed by atoms with Crippen molar-refractivity contribution in [2.75, 3.05) is 5.75 Å². The summed E-state index contributed by atoms with van der Waals surface area (Å²) in [7, 11) is 0. The van der Waals surface area contributed by atoms with Crippen LogP contribution in [0.2, 0.25) is 0 Å². The minimum Gasteiger partial charge on any atom is -0.351 e. The number of thioether (sulfide) groups is 1. The molecule has 0 spiro atoms. The fourth-order valence-corrected chi connectivity index (χ4v) is 3.69. The van der Waals surface area contributed by atoms with Gasteiger partial charge < -0.3 is 10.3 Å². The van der Waals surface area contributed by atoms with Gasteiger partial charge in [0.05, 0.1) is 17.6 Å². The minimum absolute atomic E-state index is 0.129. The van der Waals surface area contributed by atoms with Crippen molar-refractivity contribution < 1.29 is 4.79 Å². The van der Waals surface area contributed by atoms with E-state index in [-0.39, 0.29) is 17.2 Å². The van der Waals surface area contributed by atoms with E-state index in [1.165, 1.54) is 23.5 Å². The number of nitrogens with one attached hydrogen (secondary N) is 2. The summed E-state index contributed by atoms with van der Waals surface area (Å²) in [5.74, 6) is 0.0225. The molecule has 0 atom stereocenters. The van der Waals surface area contributed by atoms with E-state index in [9.17, 15) is 9.59 Å². The summed E-state index contributed by atoms with van der Waals surface area (Å²) in [6.07, 6.45) is 1.51. The summed E-state index contributed by atoms with van der Waals surface area (Å²) in [5.41, 5.74) is 4.31. The van der Waals surface area contributed by atoms with Crippen LogP contribution in [-0.2, 0) is 11.3 Å². The summed E-state index contributed by atoms with van der Waals surface area (Å²) < 4.78 is 1.64. The predicted octanol–water partition coefficient (Wildman–Crippen LogP) is 3.13. The van der Waals surface area contributed by atoms with E-state index in [4.69, 9.17) is 0 Å². The zero-order chi connectivity index (χ0) is 21.1. The van der Waals surface area contributed by atoms with E-state index in [2.05, 4.69) is 20.4 Å². The molecule has 2 aromatic heterocycles. The van der Waals surface area contributed by atoms with Crippen LogP contribution in [0.4, 0.5) is 0 Å². The lowest BCUT2D eigenvalue weighted by Gasteiger charge is -2.07. The van der Waals surface area contributed by atoms with Gasteiger partial charge in [0, 0.05) is 6.54 Å². The third-order valence-electron chi connectivity index (χ3n) is 4.61. The second-order valence-corrected chi connectivity index (χ2v) is 8.02. The Labute approximate surface area is 177 Å². The number of aryl methyl sites for hydroxylation is 2. The summed E-state index contributed by atoms with van der Waals surface area (Å²) in [6, 6.07) is 15.8. The number of aromatic nitrogens is 4. The molecule has 0 aliphatic carbocycles. The van der Waals surface area contributed by atoms with Crippen molar-refractivity contribution in [1.29, 1.82) is 0 Å². The zero-order valence-electron chi connectivity index (χ0n) is 16.7. The van der Waals surface area contributed by atoms with E-state index in [1.54, 1.807) is 4.68 Å². The van der Waals surface area contributed by atoms with Gasteiger partial charge >= 0.3 is 0 Å². The molecule has 1 amide bonds. The van der Waals surface area contributed by atoms with Crippen molar-refractivity contribution in [3.8, 4) is 5.69 Å². The molecule has 0 unspecified atom stereocenters. The number of H-pyrrole nitrogens is 1. The number of amides is 1. The molecule has 7 nitrogen and oxygen atoms in total. The maximum Gasteiger partial charge on any atom is 0.262 e. The maximum atomic E-state index is 12.4. The first-order chi connectivity index (χ1) is 14.5. The Kier molecular flexibility index (Phi) is 5.67. The van der Waals surface area contributed by atoms with Crippen LogP contribution >= 0.6 is 11.8 Å². The Morgan fingerprint density at radius 2 is 1.93 bits per heavy atom. The minimum atomic E-state index is -0.276. The van der Waals surface area contributed by atoms with Gasteiger partial charge in [0.25, 0.3) is 5.56 Å². The number of nitrogens with zero attached hydrogens (tertiary/aromatic N) is 3. The molecule has 0 saturated carbocycles. The van der Waals surface area contributed by atoms with Gasteiger partial charge in [0.1, 0.15) is 5.39 Å². The number of hydrogen-bond donors (Lipinski definition) is 2. The highest BCUT2D eigenvalue weighted by Gasteiger charge is 2.13. The average Bonchev–Trinajstić information content (AvgIpc) is 3.16. The second kappa shape index (κ2) is 8.54. The fourth-order valence-electron chi connectivity index (χ4n) is 3.01. The fraction of sp³-hybridized carbons (Fsp3) is 0.182. The van der Waals surface area contributed by atoms with Crippen molar-refractivity contribution in [3.63, 3.8) is 0 Å². The highest BCUT2D eigenvalue weighted by Crippen LogP contribution is 2.18. The molecule has 30 heavy (non-hydrogen) atoms. The highest BCUT2D eigenvalue weighted by molar-refractivity contribution is 7.99. The van der Waals surface area contributed by atoms with Crippen molar-refractivity contribution in [2.24, 2.45) is 0 Å². The van der Waals surface area contributed by atoms with Crippen LogP contribution in [-0.4, -0.2) is 31.4 Å². The Balaban J connectivity index is 1.47. The van der Waals surface area contributed by atoms with Crippen molar-refractivity contribution in [1.82, 2.24) is 25.1 Å². The lowest BCUT2D eigenvalue weighted by molar-refractivity contribution is -0.118. The van der Waals surface area contributed by atoms with Gasteiger partial charge in [-0.15, -0.1) is 0 Å². The zero-order valence-corrected chi connectivity index (χ0v) is 17.5. The predicted molar refractivity (Wildman–Crippen MR) is 118 cm³/mol. The van der Waals surface area contributed by atoms with Crippen LogP contribution in [0.15, 0.2) is 64.7 Å². The van der Waals surface area contributed by atoms with E-state index in [1.807, 2.05) is 62.4 Å². The molecule has 4 aromatic rings. The summed E-state index contributed by atoms with van der Waals surface area (Å²) in [6.45, 7) is 4.48. The summed E-state index contributed by atoms with van der Waals surface area (Å²) in [4.78, 5) is 31.9. The number of aromatic amines is 1. The molecule has 2 N–H and O–H groups in total. The smallest absolute Gasteiger partial charge is 0.262 e. The van der Waals surface area contributed by atoms with E-state index in [0.717, 1.165) is 16.8 Å². The standard InChI is InChI=1S/C22H21N5O2S/c1-14-6-8-16(9-7-14)11-23-19(28)13-30-22-25-20-18(21(29)26-22)12-24-27(20)17-5-3-4-15(2)10-17/h3-10,12H,11,13H2,1-2H3,(H,23,28)(H,25,26,29).